The van der Waals surface area contributed by atoms with Crippen molar-refractivity contribution in [2.24, 2.45) is 0 Å². The maximum Gasteiger partial charge on any atom is 0.262 e. The quantitative estimate of drug-likeness (QED) is 0.725. The summed E-state index contributed by atoms with van der Waals surface area (Å²) in [6, 6.07) is 10.1. The van der Waals surface area contributed by atoms with E-state index < -0.39 is 0 Å². The Morgan fingerprint density at radius 1 is 1.25 bits per heavy atom. The van der Waals surface area contributed by atoms with Crippen molar-refractivity contribution < 1.29 is 4.79 Å². The van der Waals surface area contributed by atoms with Crippen LogP contribution in [0.2, 0.25) is 0 Å². The van der Waals surface area contributed by atoms with Gasteiger partial charge in [-0.3, -0.25) is 14.2 Å². The van der Waals surface area contributed by atoms with Crippen molar-refractivity contribution in [3.8, 4) is 0 Å². The first-order valence-electron chi connectivity index (χ1n) is 9.92. The highest BCUT2D eigenvalue weighted by atomic mass is 32.1. The molecule has 1 amide bonds. The number of thiophene rings is 1. The van der Waals surface area contributed by atoms with Crippen molar-refractivity contribution in [1.29, 1.82) is 0 Å². The normalized spacial score (nSPS) is 15.1. The van der Waals surface area contributed by atoms with Gasteiger partial charge in [0.05, 0.1) is 10.3 Å². The van der Waals surface area contributed by atoms with E-state index in [1.165, 1.54) is 16.9 Å². The van der Waals surface area contributed by atoms with Crippen LogP contribution >= 0.6 is 11.3 Å². The second kappa shape index (κ2) is 7.87. The molecule has 28 heavy (non-hydrogen) atoms. The van der Waals surface area contributed by atoms with Gasteiger partial charge in [-0.2, -0.15) is 0 Å². The Kier molecular flexibility index (Phi) is 5.31. The van der Waals surface area contributed by atoms with E-state index in [4.69, 9.17) is 4.98 Å². The fourth-order valence-electron chi connectivity index (χ4n) is 3.85. The number of hydrogen-bond donors (Lipinski definition) is 1. The fraction of sp³-hybridized carbons (Fsp3) is 0.409. The van der Waals surface area contributed by atoms with Crippen LogP contribution in [0.25, 0.3) is 10.2 Å². The minimum absolute atomic E-state index is 0.00681. The zero-order valence-electron chi connectivity index (χ0n) is 16.3. The third kappa shape index (κ3) is 3.49. The molecule has 0 radical (unpaired) electrons. The van der Waals surface area contributed by atoms with Crippen LogP contribution in [0.5, 0.6) is 0 Å². The van der Waals surface area contributed by atoms with Gasteiger partial charge < -0.3 is 5.32 Å². The van der Waals surface area contributed by atoms with Gasteiger partial charge in [0.2, 0.25) is 0 Å². The Labute approximate surface area is 168 Å². The van der Waals surface area contributed by atoms with E-state index in [1.54, 1.807) is 0 Å². The smallest absolute Gasteiger partial charge is 0.262 e. The minimum atomic E-state index is -0.122. The third-order valence-corrected chi connectivity index (χ3v) is 6.74. The Morgan fingerprint density at radius 2 is 2.04 bits per heavy atom. The summed E-state index contributed by atoms with van der Waals surface area (Å²) in [5, 5.41) is 3.64. The van der Waals surface area contributed by atoms with Crippen LogP contribution in [-0.2, 0) is 13.0 Å². The van der Waals surface area contributed by atoms with Crippen molar-refractivity contribution in [3.63, 3.8) is 0 Å². The van der Waals surface area contributed by atoms with Crippen LogP contribution in [-0.4, -0.2) is 22.0 Å². The van der Waals surface area contributed by atoms with Crippen molar-refractivity contribution in [3.05, 3.63) is 62.5 Å². The Bertz CT molecular complexity index is 1070. The molecular weight excluding hydrogens is 370 g/mol. The standard InChI is InChI=1S/C22H25N3O2S/c1-14(16-9-5-3-6-10-16)13-23-20(26)19-15(2)18-21(28-19)24-17-11-7-4-8-12-25(17)22(18)27/h3,5-6,9-10,14H,4,7-8,11-13H2,1-2H3,(H,23,26). The molecule has 1 aliphatic heterocycles. The van der Waals surface area contributed by atoms with Crippen LogP contribution in [0.3, 0.4) is 0 Å². The first kappa shape index (κ1) is 18.9. The molecule has 0 fully saturated rings. The highest BCUT2D eigenvalue weighted by Gasteiger charge is 2.22. The monoisotopic (exact) mass is 395 g/mol. The molecule has 5 nitrogen and oxygen atoms in total. The number of fused-ring (bicyclic) bond motifs is 2. The molecule has 3 aromatic rings. The second-order valence-electron chi connectivity index (χ2n) is 7.55. The van der Waals surface area contributed by atoms with Gasteiger partial charge in [0, 0.05) is 19.5 Å². The lowest BCUT2D eigenvalue weighted by Crippen LogP contribution is -2.27. The summed E-state index contributed by atoms with van der Waals surface area (Å²) in [6.45, 7) is 5.24. The summed E-state index contributed by atoms with van der Waals surface area (Å²) in [7, 11) is 0. The van der Waals surface area contributed by atoms with E-state index in [-0.39, 0.29) is 17.4 Å². The molecule has 1 atom stereocenters. The molecule has 1 N–H and O–H groups in total. The molecule has 3 heterocycles. The number of nitrogens with zero attached hydrogens (tertiary/aromatic N) is 2. The molecule has 1 aromatic carbocycles. The summed E-state index contributed by atoms with van der Waals surface area (Å²) in [5.41, 5.74) is 1.95. The van der Waals surface area contributed by atoms with Crippen LogP contribution in [0, 0.1) is 6.92 Å². The lowest BCUT2D eigenvalue weighted by Gasteiger charge is -2.12. The average Bonchev–Trinajstić information content (AvgIpc) is 2.88. The molecule has 1 aliphatic rings. The third-order valence-electron chi connectivity index (χ3n) is 5.56. The van der Waals surface area contributed by atoms with Gasteiger partial charge in [0.15, 0.2) is 0 Å². The largest absolute Gasteiger partial charge is 0.351 e. The first-order valence-corrected chi connectivity index (χ1v) is 10.7. The number of aromatic nitrogens is 2. The zero-order valence-corrected chi connectivity index (χ0v) is 17.1. The summed E-state index contributed by atoms with van der Waals surface area (Å²) in [5.74, 6) is 0.962. The van der Waals surface area contributed by atoms with Gasteiger partial charge in [-0.1, -0.05) is 43.7 Å². The van der Waals surface area contributed by atoms with Gasteiger partial charge >= 0.3 is 0 Å². The second-order valence-corrected chi connectivity index (χ2v) is 8.55. The summed E-state index contributed by atoms with van der Waals surface area (Å²) in [4.78, 5) is 31.9. The maximum atomic E-state index is 13.0. The molecule has 1 unspecified atom stereocenters. The van der Waals surface area contributed by atoms with Crippen LogP contribution in [0.4, 0.5) is 0 Å². The Balaban J connectivity index is 1.60. The molecule has 4 rings (SSSR count). The van der Waals surface area contributed by atoms with Gasteiger partial charge in [0.1, 0.15) is 10.7 Å². The highest BCUT2D eigenvalue weighted by Crippen LogP contribution is 2.28. The van der Waals surface area contributed by atoms with E-state index in [0.717, 1.165) is 43.6 Å². The Hall–Kier alpha value is -2.47. The van der Waals surface area contributed by atoms with Gasteiger partial charge in [-0.15, -0.1) is 11.3 Å². The molecule has 0 saturated heterocycles. The number of carbonyl (C=O) groups excluding carboxylic acids is 1. The fourth-order valence-corrected chi connectivity index (χ4v) is 4.96. The maximum absolute atomic E-state index is 13.0. The molecule has 0 saturated carbocycles. The summed E-state index contributed by atoms with van der Waals surface area (Å²) < 4.78 is 1.81. The first-order chi connectivity index (χ1) is 13.6. The van der Waals surface area contributed by atoms with E-state index in [0.29, 0.717) is 21.6 Å². The summed E-state index contributed by atoms with van der Waals surface area (Å²) in [6.07, 6.45) is 4.03. The van der Waals surface area contributed by atoms with E-state index in [2.05, 4.69) is 24.4 Å². The van der Waals surface area contributed by atoms with Crippen LogP contribution in [0.1, 0.15) is 58.7 Å². The van der Waals surface area contributed by atoms with Crippen LogP contribution < -0.4 is 10.9 Å². The van der Waals surface area contributed by atoms with Gasteiger partial charge in [0.25, 0.3) is 11.5 Å². The molecule has 0 spiro atoms. The predicted molar refractivity (Wildman–Crippen MR) is 113 cm³/mol. The van der Waals surface area contributed by atoms with E-state index in [1.807, 2.05) is 29.7 Å². The number of benzene rings is 1. The van der Waals surface area contributed by atoms with E-state index >= 15 is 0 Å². The number of amides is 1. The van der Waals surface area contributed by atoms with Crippen LogP contribution in [0.15, 0.2) is 35.1 Å². The SMILES string of the molecule is Cc1c(C(=O)NCC(C)c2ccccc2)sc2nc3n(c(=O)c12)CCCCC3. The predicted octanol–water partition coefficient (Wildman–Crippen LogP) is 4.03. The molecule has 0 aliphatic carbocycles. The van der Waals surface area contributed by atoms with E-state index in [9.17, 15) is 9.59 Å². The topological polar surface area (TPSA) is 64.0 Å². The lowest BCUT2D eigenvalue weighted by atomic mass is 10.0. The van der Waals surface area contributed by atoms with Crippen molar-refractivity contribution in [2.75, 3.05) is 6.54 Å². The average molecular weight is 396 g/mol. The molecule has 146 valence electrons. The number of carbonyl (C=O) groups is 1. The zero-order chi connectivity index (χ0) is 19.7. The lowest BCUT2D eigenvalue weighted by molar-refractivity contribution is 0.0955. The molecular formula is C22H25N3O2S. The summed E-state index contributed by atoms with van der Waals surface area (Å²) >= 11 is 1.34. The molecule has 2 aromatic heterocycles. The highest BCUT2D eigenvalue weighted by molar-refractivity contribution is 7.20. The number of nitrogens with one attached hydrogen (secondary N) is 1. The van der Waals surface area contributed by atoms with Crippen molar-refractivity contribution in [2.45, 2.75) is 52.0 Å². The number of rotatable bonds is 4. The molecule has 0 bridgehead atoms. The number of hydrogen-bond acceptors (Lipinski definition) is 4. The molecule has 6 heteroatoms. The van der Waals surface area contributed by atoms with Crippen molar-refractivity contribution in [1.82, 2.24) is 14.9 Å². The van der Waals surface area contributed by atoms with Crippen molar-refractivity contribution >= 4 is 27.5 Å². The Morgan fingerprint density at radius 3 is 2.82 bits per heavy atom. The minimum Gasteiger partial charge on any atom is -0.351 e. The number of aryl methyl sites for hydroxylation is 2. The van der Waals surface area contributed by atoms with Gasteiger partial charge in [-0.05, 0) is 36.8 Å². The van der Waals surface area contributed by atoms with Gasteiger partial charge in [-0.25, -0.2) is 4.98 Å².